The smallest absolute Gasteiger partial charge is 0.250 e. The fourth-order valence-electron chi connectivity index (χ4n) is 1.84. The summed E-state index contributed by atoms with van der Waals surface area (Å²) in [6, 6.07) is 9.24. The average molecular weight is 283 g/mol. The zero-order chi connectivity index (χ0) is 13.9. The maximum absolute atomic E-state index is 11.2. The Hall–Kier alpha value is -2.65. The van der Waals surface area contributed by atoms with Crippen LogP contribution in [0.2, 0.25) is 0 Å². The average Bonchev–Trinajstić information content (AvgIpc) is 3.01. The van der Waals surface area contributed by atoms with E-state index in [1.807, 2.05) is 17.5 Å². The Morgan fingerprint density at radius 2 is 2.20 bits per heavy atom. The third-order valence-electron chi connectivity index (χ3n) is 2.80. The number of aldehydes is 1. The molecule has 0 fully saturated rings. The van der Waals surface area contributed by atoms with Crippen LogP contribution in [0.5, 0.6) is 11.6 Å². The summed E-state index contributed by atoms with van der Waals surface area (Å²) in [6.07, 6.45) is 2.87. The number of benzene rings is 1. The lowest BCUT2D eigenvalue weighted by Gasteiger charge is -2.03. The van der Waals surface area contributed by atoms with E-state index >= 15 is 0 Å². The molecule has 0 radical (unpaired) electrons. The van der Waals surface area contributed by atoms with Gasteiger partial charge in [-0.15, -0.1) is 11.3 Å². The van der Waals surface area contributed by atoms with Crippen LogP contribution in [0.15, 0.2) is 35.8 Å². The number of nitrogens with zero attached hydrogens (tertiary/aromatic N) is 3. The third-order valence-corrected chi connectivity index (χ3v) is 3.55. The minimum absolute atomic E-state index is 0.292. The number of ether oxygens (including phenoxy) is 1. The Morgan fingerprint density at radius 3 is 2.90 bits per heavy atom. The molecule has 0 saturated heterocycles. The van der Waals surface area contributed by atoms with E-state index in [-0.39, 0.29) is 0 Å². The topological polar surface area (TPSA) is 67.4 Å². The first-order valence-corrected chi connectivity index (χ1v) is 6.74. The number of carbonyl (C=O) groups excluding carboxylic acids is 1. The first kappa shape index (κ1) is 12.4. The van der Waals surface area contributed by atoms with Crippen LogP contribution in [-0.2, 0) is 6.42 Å². The minimum atomic E-state index is 0.292. The quantitative estimate of drug-likeness (QED) is 0.690. The number of fused-ring (bicyclic) bond motifs is 1. The molecule has 0 saturated carbocycles. The van der Waals surface area contributed by atoms with Crippen molar-refractivity contribution in [3.05, 3.63) is 47.1 Å². The number of carbonyl (C=O) groups is 1. The summed E-state index contributed by atoms with van der Waals surface area (Å²) < 4.78 is 7.33. The summed E-state index contributed by atoms with van der Waals surface area (Å²) >= 11 is 1.43. The normalized spacial score (nSPS) is 10.3. The molecule has 0 amide bonds. The van der Waals surface area contributed by atoms with E-state index in [0.717, 1.165) is 11.8 Å². The van der Waals surface area contributed by atoms with Crippen molar-refractivity contribution in [2.75, 3.05) is 0 Å². The number of nitriles is 1. The van der Waals surface area contributed by atoms with Gasteiger partial charge in [0.2, 0.25) is 5.88 Å². The SMILES string of the molecule is N#CCc1ccc(Oc2nc3sccn3c2C=O)cc1. The van der Waals surface area contributed by atoms with Gasteiger partial charge in [-0.1, -0.05) is 12.1 Å². The molecule has 0 spiro atoms. The van der Waals surface area contributed by atoms with Crippen molar-refractivity contribution < 1.29 is 9.53 Å². The lowest BCUT2D eigenvalue weighted by molar-refractivity contribution is 0.111. The number of hydrogen-bond donors (Lipinski definition) is 0. The van der Waals surface area contributed by atoms with E-state index in [9.17, 15) is 4.79 Å². The van der Waals surface area contributed by atoms with Gasteiger partial charge in [0.25, 0.3) is 0 Å². The van der Waals surface area contributed by atoms with Gasteiger partial charge < -0.3 is 4.74 Å². The molecule has 0 N–H and O–H groups in total. The maximum atomic E-state index is 11.2. The molecular formula is C14H9N3O2S. The Morgan fingerprint density at radius 1 is 1.40 bits per heavy atom. The number of thiazole rings is 1. The summed E-state index contributed by atoms with van der Waals surface area (Å²) in [7, 11) is 0. The van der Waals surface area contributed by atoms with Crippen LogP contribution in [0, 0.1) is 11.3 Å². The van der Waals surface area contributed by atoms with Crippen molar-refractivity contribution in [3.63, 3.8) is 0 Å². The molecule has 5 nitrogen and oxygen atoms in total. The van der Waals surface area contributed by atoms with Crippen molar-refractivity contribution in [2.24, 2.45) is 0 Å². The Balaban J connectivity index is 1.90. The summed E-state index contributed by atoms with van der Waals surface area (Å²) in [5.41, 5.74) is 1.31. The van der Waals surface area contributed by atoms with Gasteiger partial charge in [-0.3, -0.25) is 9.20 Å². The molecule has 3 rings (SSSR count). The maximum Gasteiger partial charge on any atom is 0.250 e. The third kappa shape index (κ3) is 2.15. The molecule has 0 atom stereocenters. The second kappa shape index (κ2) is 5.15. The molecule has 1 aromatic carbocycles. The molecule has 0 bridgehead atoms. The summed E-state index contributed by atoms with van der Waals surface area (Å²) in [4.78, 5) is 16.1. The molecule has 0 aliphatic rings. The molecule has 20 heavy (non-hydrogen) atoms. The fraction of sp³-hybridized carbons (Fsp3) is 0.0714. The Kier molecular flexibility index (Phi) is 3.19. The predicted molar refractivity (Wildman–Crippen MR) is 74.3 cm³/mol. The zero-order valence-electron chi connectivity index (χ0n) is 10.3. The largest absolute Gasteiger partial charge is 0.437 e. The lowest BCUT2D eigenvalue weighted by Crippen LogP contribution is -1.92. The van der Waals surface area contributed by atoms with Gasteiger partial charge >= 0.3 is 0 Å². The minimum Gasteiger partial charge on any atom is -0.437 e. The molecule has 0 unspecified atom stereocenters. The van der Waals surface area contributed by atoms with E-state index in [2.05, 4.69) is 11.1 Å². The number of aromatic nitrogens is 2. The lowest BCUT2D eigenvalue weighted by atomic mass is 10.2. The van der Waals surface area contributed by atoms with Crippen LogP contribution >= 0.6 is 11.3 Å². The highest BCUT2D eigenvalue weighted by atomic mass is 32.1. The van der Waals surface area contributed by atoms with Crippen LogP contribution in [0.25, 0.3) is 4.96 Å². The standard InChI is InChI=1S/C14H9N3O2S/c15-6-5-10-1-3-11(4-2-10)19-13-12(9-18)17-7-8-20-14(17)16-13/h1-4,7-9H,5H2. The van der Waals surface area contributed by atoms with E-state index in [4.69, 9.17) is 10.00 Å². The van der Waals surface area contributed by atoms with E-state index in [0.29, 0.717) is 28.7 Å². The van der Waals surface area contributed by atoms with Gasteiger partial charge in [-0.25, -0.2) is 0 Å². The first-order valence-electron chi connectivity index (χ1n) is 5.86. The monoisotopic (exact) mass is 283 g/mol. The molecule has 2 heterocycles. The van der Waals surface area contributed by atoms with Crippen molar-refractivity contribution in [1.82, 2.24) is 9.38 Å². The number of hydrogen-bond acceptors (Lipinski definition) is 5. The van der Waals surface area contributed by atoms with Crippen molar-refractivity contribution >= 4 is 22.6 Å². The van der Waals surface area contributed by atoms with Crippen LogP contribution in [0.3, 0.4) is 0 Å². The number of rotatable bonds is 4. The van der Waals surface area contributed by atoms with Gasteiger partial charge in [-0.2, -0.15) is 10.2 Å². The number of imidazole rings is 1. The van der Waals surface area contributed by atoms with E-state index < -0.39 is 0 Å². The van der Waals surface area contributed by atoms with E-state index in [1.165, 1.54) is 11.3 Å². The highest BCUT2D eigenvalue weighted by Crippen LogP contribution is 2.26. The second-order valence-electron chi connectivity index (χ2n) is 4.06. The highest BCUT2D eigenvalue weighted by molar-refractivity contribution is 7.15. The molecule has 0 aliphatic carbocycles. The van der Waals surface area contributed by atoms with Crippen LogP contribution in [-0.4, -0.2) is 15.7 Å². The molecule has 6 heteroatoms. The highest BCUT2D eigenvalue weighted by Gasteiger charge is 2.14. The second-order valence-corrected chi connectivity index (χ2v) is 4.93. The summed E-state index contributed by atoms with van der Waals surface area (Å²) in [6.45, 7) is 0. The Bertz CT molecular complexity index is 796. The molecule has 0 aliphatic heterocycles. The molecule has 3 aromatic rings. The van der Waals surface area contributed by atoms with Gasteiger partial charge in [0, 0.05) is 11.6 Å². The van der Waals surface area contributed by atoms with Crippen LogP contribution in [0.1, 0.15) is 16.1 Å². The van der Waals surface area contributed by atoms with Gasteiger partial charge in [0.15, 0.2) is 16.9 Å². The summed E-state index contributed by atoms with van der Waals surface area (Å²) in [5, 5.41) is 10.5. The van der Waals surface area contributed by atoms with Gasteiger partial charge in [0.05, 0.1) is 12.5 Å². The van der Waals surface area contributed by atoms with Crippen molar-refractivity contribution in [3.8, 4) is 17.7 Å². The predicted octanol–water partition coefficient (Wildman–Crippen LogP) is 3.07. The fourth-order valence-corrected chi connectivity index (χ4v) is 2.56. The van der Waals surface area contributed by atoms with Crippen molar-refractivity contribution in [1.29, 1.82) is 5.26 Å². The Labute approximate surface area is 118 Å². The summed E-state index contributed by atoms with van der Waals surface area (Å²) in [5.74, 6) is 0.875. The van der Waals surface area contributed by atoms with Crippen LogP contribution in [0.4, 0.5) is 0 Å². The van der Waals surface area contributed by atoms with Gasteiger partial charge in [-0.05, 0) is 17.7 Å². The van der Waals surface area contributed by atoms with Crippen molar-refractivity contribution in [2.45, 2.75) is 6.42 Å². The molecule has 98 valence electrons. The molecule has 2 aromatic heterocycles. The zero-order valence-corrected chi connectivity index (χ0v) is 11.1. The van der Waals surface area contributed by atoms with Gasteiger partial charge in [0.1, 0.15) is 5.75 Å². The van der Waals surface area contributed by atoms with Crippen LogP contribution < -0.4 is 4.74 Å². The molecular weight excluding hydrogens is 274 g/mol. The van der Waals surface area contributed by atoms with E-state index in [1.54, 1.807) is 22.7 Å². The first-order chi connectivity index (χ1) is 9.81.